The zero-order valence-corrected chi connectivity index (χ0v) is 14.4. The van der Waals surface area contributed by atoms with Crippen molar-refractivity contribution < 1.29 is 19.2 Å². The average molecular weight is 307 g/mol. The van der Waals surface area contributed by atoms with Crippen molar-refractivity contribution in [1.82, 2.24) is 0 Å². The van der Waals surface area contributed by atoms with Gasteiger partial charge >= 0.3 is 5.97 Å². The quantitative estimate of drug-likeness (QED) is 0.801. The first-order chi connectivity index (χ1) is 10.1. The highest BCUT2D eigenvalue weighted by Gasteiger charge is 2.21. The lowest BCUT2D eigenvalue weighted by Gasteiger charge is -2.21. The SMILES string of the molecule is Cc1cccc(C)c1NC(=O)C[NH+](C)CC(=O)OC(C)(C)C. The first-order valence-corrected chi connectivity index (χ1v) is 7.47. The van der Waals surface area contributed by atoms with E-state index in [1.54, 1.807) is 7.05 Å². The number of quaternary nitrogens is 1. The predicted octanol–water partition coefficient (Wildman–Crippen LogP) is 1.10. The molecule has 0 aromatic heterocycles. The zero-order valence-electron chi connectivity index (χ0n) is 14.4. The molecule has 1 rings (SSSR count). The Bertz CT molecular complexity index is 527. The van der Waals surface area contributed by atoms with Gasteiger partial charge in [0.1, 0.15) is 5.60 Å². The summed E-state index contributed by atoms with van der Waals surface area (Å²) < 4.78 is 5.25. The molecule has 0 bridgehead atoms. The summed E-state index contributed by atoms with van der Waals surface area (Å²) in [5.74, 6) is -0.414. The average Bonchev–Trinajstić information content (AvgIpc) is 2.31. The van der Waals surface area contributed by atoms with Crippen LogP contribution in [0.25, 0.3) is 0 Å². The van der Waals surface area contributed by atoms with Gasteiger partial charge in [-0.15, -0.1) is 0 Å². The summed E-state index contributed by atoms with van der Waals surface area (Å²) in [4.78, 5) is 24.6. The van der Waals surface area contributed by atoms with E-state index in [1.807, 2.05) is 52.8 Å². The van der Waals surface area contributed by atoms with Gasteiger partial charge in [-0.25, -0.2) is 4.79 Å². The molecular weight excluding hydrogens is 280 g/mol. The molecule has 5 nitrogen and oxygen atoms in total. The van der Waals surface area contributed by atoms with Gasteiger partial charge in [0.25, 0.3) is 5.91 Å². The van der Waals surface area contributed by atoms with E-state index in [2.05, 4.69) is 5.32 Å². The number of likely N-dealkylation sites (N-methyl/N-ethyl adjacent to an activating group) is 1. The summed E-state index contributed by atoms with van der Waals surface area (Å²) in [7, 11) is 1.80. The Morgan fingerprint density at radius 1 is 1.14 bits per heavy atom. The van der Waals surface area contributed by atoms with Crippen molar-refractivity contribution in [2.75, 3.05) is 25.5 Å². The number of rotatable bonds is 5. The lowest BCUT2D eigenvalue weighted by Crippen LogP contribution is -3.11. The Morgan fingerprint density at radius 2 is 1.68 bits per heavy atom. The van der Waals surface area contributed by atoms with E-state index >= 15 is 0 Å². The Kier molecular flexibility index (Phi) is 6.11. The van der Waals surface area contributed by atoms with Crippen LogP contribution in [0.5, 0.6) is 0 Å². The Morgan fingerprint density at radius 3 is 2.18 bits per heavy atom. The van der Waals surface area contributed by atoms with Crippen LogP contribution in [-0.2, 0) is 14.3 Å². The van der Waals surface area contributed by atoms with Gasteiger partial charge in [-0.1, -0.05) is 18.2 Å². The molecule has 0 aliphatic carbocycles. The van der Waals surface area contributed by atoms with Gasteiger partial charge in [-0.05, 0) is 45.7 Å². The summed E-state index contributed by atoms with van der Waals surface area (Å²) in [6.45, 7) is 9.78. The number of ether oxygens (including phenoxy) is 1. The minimum absolute atomic E-state index is 0.113. The summed E-state index contributed by atoms with van der Waals surface area (Å²) in [6, 6.07) is 5.87. The van der Waals surface area contributed by atoms with Crippen LogP contribution in [0.1, 0.15) is 31.9 Å². The number of anilines is 1. The molecule has 2 N–H and O–H groups in total. The van der Waals surface area contributed by atoms with Crippen LogP contribution < -0.4 is 10.2 Å². The number of para-hydroxylation sites is 1. The third-order valence-electron chi connectivity index (χ3n) is 3.07. The molecule has 0 saturated heterocycles. The van der Waals surface area contributed by atoms with E-state index < -0.39 is 5.60 Å². The molecule has 1 aromatic rings. The highest BCUT2D eigenvalue weighted by atomic mass is 16.6. The van der Waals surface area contributed by atoms with Crippen LogP contribution in [0.4, 0.5) is 5.69 Å². The highest BCUT2D eigenvalue weighted by molar-refractivity contribution is 5.93. The van der Waals surface area contributed by atoms with Crippen molar-refractivity contribution in [3.8, 4) is 0 Å². The van der Waals surface area contributed by atoms with E-state index in [9.17, 15) is 9.59 Å². The van der Waals surface area contributed by atoms with E-state index in [0.29, 0.717) is 0 Å². The molecule has 1 aromatic carbocycles. The molecule has 0 saturated carbocycles. The number of esters is 1. The lowest BCUT2D eigenvalue weighted by molar-refractivity contribution is -0.863. The van der Waals surface area contributed by atoms with Gasteiger partial charge in [0.2, 0.25) is 0 Å². The predicted molar refractivity (Wildman–Crippen MR) is 87.0 cm³/mol. The van der Waals surface area contributed by atoms with Gasteiger partial charge < -0.3 is 15.0 Å². The summed E-state index contributed by atoms with van der Waals surface area (Å²) >= 11 is 0. The van der Waals surface area contributed by atoms with Crippen LogP contribution >= 0.6 is 0 Å². The molecule has 122 valence electrons. The molecule has 5 heteroatoms. The number of benzene rings is 1. The fourth-order valence-electron chi connectivity index (χ4n) is 2.16. The second-order valence-corrected chi connectivity index (χ2v) is 6.71. The number of hydrogen-bond donors (Lipinski definition) is 2. The maximum atomic E-state index is 12.1. The van der Waals surface area contributed by atoms with Crippen molar-refractivity contribution in [1.29, 1.82) is 0 Å². The molecule has 0 spiro atoms. The van der Waals surface area contributed by atoms with Crippen molar-refractivity contribution in [3.05, 3.63) is 29.3 Å². The molecular formula is C17H27N2O3+. The highest BCUT2D eigenvalue weighted by Crippen LogP contribution is 2.18. The van der Waals surface area contributed by atoms with E-state index in [1.165, 1.54) is 0 Å². The van der Waals surface area contributed by atoms with Gasteiger partial charge in [0.15, 0.2) is 13.1 Å². The summed E-state index contributed by atoms with van der Waals surface area (Å²) in [5, 5.41) is 2.92. The largest absolute Gasteiger partial charge is 0.456 e. The molecule has 0 fully saturated rings. The van der Waals surface area contributed by atoms with Gasteiger partial charge in [-0.3, -0.25) is 4.79 Å². The Balaban J connectivity index is 2.53. The first kappa shape index (κ1) is 18.2. The van der Waals surface area contributed by atoms with E-state index in [0.717, 1.165) is 21.7 Å². The number of carbonyl (C=O) groups excluding carboxylic acids is 2. The van der Waals surface area contributed by atoms with Gasteiger partial charge in [0, 0.05) is 5.69 Å². The normalized spacial score (nSPS) is 12.6. The topological polar surface area (TPSA) is 59.8 Å². The van der Waals surface area contributed by atoms with Crippen LogP contribution in [0.15, 0.2) is 18.2 Å². The number of carbonyl (C=O) groups is 2. The smallest absolute Gasteiger partial charge is 0.362 e. The number of aryl methyl sites for hydroxylation is 2. The molecule has 1 unspecified atom stereocenters. The van der Waals surface area contributed by atoms with Gasteiger partial charge in [-0.2, -0.15) is 0 Å². The summed E-state index contributed by atoms with van der Waals surface area (Å²) in [6.07, 6.45) is 0. The molecule has 1 atom stereocenters. The molecule has 0 aliphatic heterocycles. The van der Waals surface area contributed by atoms with Crippen LogP contribution in [0.2, 0.25) is 0 Å². The minimum Gasteiger partial charge on any atom is -0.456 e. The lowest BCUT2D eigenvalue weighted by atomic mass is 10.1. The van der Waals surface area contributed by atoms with Crippen molar-refractivity contribution in [2.24, 2.45) is 0 Å². The van der Waals surface area contributed by atoms with Crippen molar-refractivity contribution >= 4 is 17.6 Å². The van der Waals surface area contributed by atoms with Gasteiger partial charge in [0.05, 0.1) is 7.05 Å². The molecule has 0 radical (unpaired) electrons. The van der Waals surface area contributed by atoms with E-state index in [-0.39, 0.29) is 25.0 Å². The fraction of sp³-hybridized carbons (Fsp3) is 0.529. The minimum atomic E-state index is -0.502. The maximum absolute atomic E-state index is 12.1. The second kappa shape index (κ2) is 7.40. The molecule has 1 amide bonds. The van der Waals surface area contributed by atoms with Crippen molar-refractivity contribution in [2.45, 2.75) is 40.2 Å². The first-order valence-electron chi connectivity index (χ1n) is 7.47. The third kappa shape index (κ3) is 6.26. The Hall–Kier alpha value is -1.88. The molecule has 0 heterocycles. The van der Waals surface area contributed by atoms with Crippen LogP contribution in [0, 0.1) is 13.8 Å². The molecule has 0 aliphatic rings. The zero-order chi connectivity index (χ0) is 16.9. The monoisotopic (exact) mass is 307 g/mol. The Labute approximate surface area is 132 Å². The van der Waals surface area contributed by atoms with E-state index in [4.69, 9.17) is 4.74 Å². The second-order valence-electron chi connectivity index (χ2n) is 6.71. The van der Waals surface area contributed by atoms with Crippen LogP contribution in [-0.4, -0.2) is 37.6 Å². The molecule has 22 heavy (non-hydrogen) atoms. The standard InChI is InChI=1S/C17H26N2O3/c1-12-8-7-9-13(2)16(12)18-14(20)10-19(6)11-15(21)22-17(3,4)5/h7-9H,10-11H2,1-6H3,(H,18,20)/p+1. The fourth-order valence-corrected chi connectivity index (χ4v) is 2.16. The van der Waals surface area contributed by atoms with Crippen molar-refractivity contribution in [3.63, 3.8) is 0 Å². The number of amides is 1. The third-order valence-corrected chi connectivity index (χ3v) is 3.07. The summed E-state index contributed by atoms with van der Waals surface area (Å²) in [5.41, 5.74) is 2.39. The maximum Gasteiger partial charge on any atom is 0.362 e. The van der Waals surface area contributed by atoms with Crippen LogP contribution in [0.3, 0.4) is 0 Å². The number of nitrogens with one attached hydrogen (secondary N) is 2. The number of hydrogen-bond acceptors (Lipinski definition) is 3.